The monoisotopic (exact) mass is 452 g/mol. The molecule has 2 aliphatic rings. The number of halogens is 1. The maximum atomic E-state index is 13.5. The molecule has 2 aromatic carbocycles. The minimum Gasteiger partial charge on any atom is -0.378 e. The van der Waals surface area contributed by atoms with Gasteiger partial charge in [-0.1, -0.05) is 18.2 Å². The van der Waals surface area contributed by atoms with Crippen molar-refractivity contribution in [1.29, 1.82) is 0 Å². The predicted molar refractivity (Wildman–Crippen MR) is 122 cm³/mol. The summed E-state index contributed by atoms with van der Waals surface area (Å²) < 4.78 is 18.9. The lowest BCUT2D eigenvalue weighted by Gasteiger charge is -2.26. The molecule has 2 N–H and O–H groups in total. The number of anilines is 3. The molecule has 2 aliphatic heterocycles. The first kappa shape index (κ1) is 20.6. The molecule has 1 aromatic heterocycles. The van der Waals surface area contributed by atoms with Crippen LogP contribution in [-0.2, 0) is 14.3 Å². The van der Waals surface area contributed by atoms with Crippen LogP contribution in [0.3, 0.4) is 0 Å². The van der Waals surface area contributed by atoms with Gasteiger partial charge in [-0.3, -0.25) is 9.59 Å². The molecule has 9 heteroatoms. The number of rotatable bonds is 4. The van der Waals surface area contributed by atoms with Gasteiger partial charge >= 0.3 is 0 Å². The summed E-state index contributed by atoms with van der Waals surface area (Å²) >= 11 is 1.60. The molecule has 0 saturated carbocycles. The van der Waals surface area contributed by atoms with E-state index in [0.29, 0.717) is 30.2 Å². The summed E-state index contributed by atoms with van der Waals surface area (Å²) in [7, 11) is 0. The van der Waals surface area contributed by atoms with Gasteiger partial charge in [-0.05, 0) is 29.8 Å². The number of hydrogen-bond acceptors (Lipinski definition) is 6. The number of carbonyl (C=O) groups excluding carboxylic acids is 2. The average molecular weight is 453 g/mol. The van der Waals surface area contributed by atoms with Crippen LogP contribution in [0.2, 0.25) is 0 Å². The van der Waals surface area contributed by atoms with Crippen LogP contribution in [-0.4, -0.2) is 43.1 Å². The third-order valence-electron chi connectivity index (χ3n) is 5.59. The van der Waals surface area contributed by atoms with Crippen LogP contribution in [0.1, 0.15) is 17.9 Å². The Morgan fingerprint density at radius 3 is 2.75 bits per heavy atom. The molecule has 0 aliphatic carbocycles. The number of carbonyl (C=O) groups is 2. The summed E-state index contributed by atoms with van der Waals surface area (Å²) in [5.41, 5.74) is 3.41. The van der Waals surface area contributed by atoms with Crippen LogP contribution >= 0.6 is 11.3 Å². The zero-order valence-electron chi connectivity index (χ0n) is 17.1. The zero-order valence-corrected chi connectivity index (χ0v) is 18.0. The molecule has 0 spiro atoms. The highest BCUT2D eigenvalue weighted by Gasteiger charge is 2.31. The number of benzene rings is 2. The number of thiazole rings is 1. The van der Waals surface area contributed by atoms with Gasteiger partial charge in [-0.25, -0.2) is 9.37 Å². The molecule has 3 heterocycles. The standard InChI is InChI=1S/C23H21FN4O3S/c24-15-3-6-17-18(12-21(29)26-19(17)11-15)22(30)25-16-4-1-14(2-5-16)20-13-32-23(27-20)28-7-9-31-10-8-28/h1-6,11,13,18H,7-10,12H2,(H,25,30)(H,26,29)/t18-/m1/s1. The maximum Gasteiger partial charge on any atom is 0.232 e. The maximum absolute atomic E-state index is 13.5. The SMILES string of the molecule is O=C1C[C@@H](C(=O)Nc2ccc(-c3csc(N4CCOCC4)n3)cc2)c2ccc(F)cc2N1. The molecule has 2 amide bonds. The molecule has 32 heavy (non-hydrogen) atoms. The second kappa shape index (κ2) is 8.68. The Morgan fingerprint density at radius 1 is 1.19 bits per heavy atom. The van der Waals surface area contributed by atoms with E-state index in [0.717, 1.165) is 29.5 Å². The molecule has 3 aromatic rings. The Labute approximate surface area is 188 Å². The van der Waals surface area contributed by atoms with Gasteiger partial charge in [0.15, 0.2) is 5.13 Å². The first-order chi connectivity index (χ1) is 15.6. The molecular weight excluding hydrogens is 431 g/mol. The number of hydrogen-bond donors (Lipinski definition) is 2. The molecule has 7 nitrogen and oxygen atoms in total. The fraction of sp³-hybridized carbons (Fsp3) is 0.261. The fourth-order valence-corrected chi connectivity index (χ4v) is 4.81. The first-order valence-corrected chi connectivity index (χ1v) is 11.2. The highest BCUT2D eigenvalue weighted by molar-refractivity contribution is 7.14. The van der Waals surface area contributed by atoms with Crippen molar-refractivity contribution in [2.45, 2.75) is 12.3 Å². The van der Waals surface area contributed by atoms with Crippen LogP contribution in [0.5, 0.6) is 0 Å². The van der Waals surface area contributed by atoms with Gasteiger partial charge in [0.1, 0.15) is 5.82 Å². The molecule has 1 saturated heterocycles. The second-order valence-corrected chi connectivity index (χ2v) is 8.55. The van der Waals surface area contributed by atoms with Gasteiger partial charge in [0.2, 0.25) is 11.8 Å². The van der Waals surface area contributed by atoms with Crippen LogP contribution in [0.25, 0.3) is 11.3 Å². The molecule has 0 unspecified atom stereocenters. The van der Waals surface area contributed by atoms with Crippen molar-refractivity contribution < 1.29 is 18.7 Å². The minimum absolute atomic E-state index is 0.0195. The van der Waals surface area contributed by atoms with E-state index < -0.39 is 11.7 Å². The Bertz CT molecular complexity index is 1160. The summed E-state index contributed by atoms with van der Waals surface area (Å²) in [5, 5.41) is 8.50. The van der Waals surface area contributed by atoms with E-state index in [-0.39, 0.29) is 18.2 Å². The Kier molecular flexibility index (Phi) is 5.59. The van der Waals surface area contributed by atoms with Crippen molar-refractivity contribution in [3.8, 4) is 11.3 Å². The number of nitrogens with zero attached hydrogens (tertiary/aromatic N) is 2. The molecule has 164 valence electrons. The molecular formula is C23H21FN4O3S. The zero-order chi connectivity index (χ0) is 22.1. The Morgan fingerprint density at radius 2 is 1.97 bits per heavy atom. The number of ether oxygens (including phenoxy) is 1. The van der Waals surface area contributed by atoms with E-state index in [1.807, 2.05) is 29.6 Å². The molecule has 0 bridgehead atoms. The highest BCUT2D eigenvalue weighted by Crippen LogP contribution is 2.34. The predicted octanol–water partition coefficient (Wildman–Crippen LogP) is 3.85. The lowest BCUT2D eigenvalue weighted by Crippen LogP contribution is -2.36. The van der Waals surface area contributed by atoms with E-state index in [2.05, 4.69) is 15.5 Å². The van der Waals surface area contributed by atoms with Gasteiger partial charge in [0.25, 0.3) is 0 Å². The van der Waals surface area contributed by atoms with Crippen LogP contribution < -0.4 is 15.5 Å². The van der Waals surface area contributed by atoms with Crippen molar-refractivity contribution >= 4 is 39.7 Å². The van der Waals surface area contributed by atoms with Crippen molar-refractivity contribution in [1.82, 2.24) is 4.98 Å². The van der Waals surface area contributed by atoms with Crippen molar-refractivity contribution in [2.75, 3.05) is 41.8 Å². The Hall–Kier alpha value is -3.30. The Balaban J connectivity index is 1.29. The van der Waals surface area contributed by atoms with Gasteiger partial charge < -0.3 is 20.3 Å². The lowest BCUT2D eigenvalue weighted by molar-refractivity contribution is -0.123. The minimum atomic E-state index is -0.673. The van der Waals surface area contributed by atoms with Crippen molar-refractivity contribution in [2.24, 2.45) is 0 Å². The number of aromatic nitrogens is 1. The fourth-order valence-electron chi connectivity index (χ4n) is 3.92. The van der Waals surface area contributed by atoms with E-state index >= 15 is 0 Å². The largest absolute Gasteiger partial charge is 0.378 e. The second-order valence-electron chi connectivity index (χ2n) is 7.72. The van der Waals surface area contributed by atoms with E-state index in [1.165, 1.54) is 12.1 Å². The van der Waals surface area contributed by atoms with Crippen LogP contribution in [0.4, 0.5) is 20.9 Å². The number of fused-ring (bicyclic) bond motifs is 1. The first-order valence-electron chi connectivity index (χ1n) is 10.4. The molecule has 0 radical (unpaired) electrons. The topological polar surface area (TPSA) is 83.6 Å². The third-order valence-corrected chi connectivity index (χ3v) is 6.49. The summed E-state index contributed by atoms with van der Waals surface area (Å²) in [5.74, 6) is -1.74. The van der Waals surface area contributed by atoms with Crippen LogP contribution in [0, 0.1) is 5.82 Å². The van der Waals surface area contributed by atoms with E-state index in [1.54, 1.807) is 17.4 Å². The smallest absolute Gasteiger partial charge is 0.232 e. The summed E-state index contributed by atoms with van der Waals surface area (Å²) in [6.45, 7) is 3.11. The normalized spacial score (nSPS) is 18.1. The summed E-state index contributed by atoms with van der Waals surface area (Å²) in [4.78, 5) is 31.8. The highest BCUT2D eigenvalue weighted by atomic mass is 32.1. The van der Waals surface area contributed by atoms with Crippen LogP contribution in [0.15, 0.2) is 47.8 Å². The van der Waals surface area contributed by atoms with Gasteiger partial charge in [-0.15, -0.1) is 11.3 Å². The quantitative estimate of drug-likeness (QED) is 0.628. The number of amides is 2. The van der Waals surface area contributed by atoms with Gasteiger partial charge in [0.05, 0.1) is 24.8 Å². The van der Waals surface area contributed by atoms with Crippen molar-refractivity contribution in [3.63, 3.8) is 0 Å². The van der Waals surface area contributed by atoms with Gasteiger partial charge in [-0.2, -0.15) is 0 Å². The number of morpholine rings is 1. The summed E-state index contributed by atoms with van der Waals surface area (Å²) in [6, 6.07) is 11.5. The lowest BCUT2D eigenvalue weighted by atomic mass is 9.89. The molecule has 1 fully saturated rings. The summed E-state index contributed by atoms with van der Waals surface area (Å²) in [6.07, 6.45) is 0.0195. The molecule has 5 rings (SSSR count). The van der Waals surface area contributed by atoms with E-state index in [4.69, 9.17) is 9.72 Å². The third kappa shape index (κ3) is 4.21. The number of nitrogens with one attached hydrogen (secondary N) is 2. The average Bonchev–Trinajstić information content (AvgIpc) is 3.29. The van der Waals surface area contributed by atoms with E-state index in [9.17, 15) is 14.0 Å². The van der Waals surface area contributed by atoms with Crippen molar-refractivity contribution in [3.05, 3.63) is 59.2 Å². The molecule has 1 atom stereocenters. The van der Waals surface area contributed by atoms with Gasteiger partial charge in [0, 0.05) is 41.8 Å².